The Morgan fingerprint density at radius 3 is 1.83 bits per heavy atom. The van der Waals surface area contributed by atoms with Crippen LogP contribution in [0.15, 0.2) is 65.7 Å². The molecule has 0 aliphatic carbocycles. The Morgan fingerprint density at radius 1 is 0.966 bits per heavy atom. The Labute approximate surface area is 194 Å². The third-order valence-corrected chi connectivity index (χ3v) is 5.21. The second-order valence-corrected chi connectivity index (χ2v) is 6.92. The first-order valence-electron chi connectivity index (χ1n) is 9.67. The monoisotopic (exact) mass is 402 g/mol. The minimum Gasteiger partial charge on any atom is -0.846 e. The molecule has 0 bridgehead atoms. The molecule has 1 heterocycles. The molecule has 6 heteroatoms. The number of benzene rings is 2. The predicted octanol–water partition coefficient (Wildman–Crippen LogP) is 0.549. The summed E-state index contributed by atoms with van der Waals surface area (Å²) >= 11 is 0. The molecule has 0 radical (unpaired) electrons. The molecule has 2 amide bonds. The van der Waals surface area contributed by atoms with Gasteiger partial charge in [0.2, 0.25) is 5.91 Å². The van der Waals surface area contributed by atoms with E-state index in [1.54, 1.807) is 6.92 Å². The van der Waals surface area contributed by atoms with E-state index < -0.39 is 23.3 Å². The molecule has 3 rings (SSSR count). The van der Waals surface area contributed by atoms with Crippen LogP contribution in [-0.4, -0.2) is 17.8 Å². The van der Waals surface area contributed by atoms with Crippen molar-refractivity contribution < 1.29 is 44.3 Å². The SMILES string of the molecule is CCCC(C)C1(CC)C(=O)N=C([O-])NC1=O.[Na+].c1ccc(-c2ccccc2)cc1. The fraction of sp³-hybridized carbons (Fsp3) is 0.348. The van der Waals surface area contributed by atoms with E-state index in [9.17, 15) is 14.7 Å². The number of carbonyl (C=O) groups is 2. The molecule has 0 saturated carbocycles. The predicted molar refractivity (Wildman–Crippen MR) is 109 cm³/mol. The van der Waals surface area contributed by atoms with Crippen molar-refractivity contribution in [2.45, 2.75) is 40.0 Å². The van der Waals surface area contributed by atoms with E-state index in [4.69, 9.17) is 0 Å². The number of aliphatic imine (C=N–C) groups is 1. The van der Waals surface area contributed by atoms with Crippen molar-refractivity contribution in [3.63, 3.8) is 0 Å². The Kier molecular flexibility index (Phi) is 10.3. The quantitative estimate of drug-likeness (QED) is 0.586. The average molecular weight is 402 g/mol. The van der Waals surface area contributed by atoms with Crippen molar-refractivity contribution in [1.82, 2.24) is 5.32 Å². The molecule has 1 aliphatic heterocycles. The first-order chi connectivity index (χ1) is 13.5. The van der Waals surface area contributed by atoms with Crippen molar-refractivity contribution >= 4 is 17.8 Å². The molecule has 5 nitrogen and oxygen atoms in total. The van der Waals surface area contributed by atoms with Gasteiger partial charge in [0.25, 0.3) is 5.91 Å². The van der Waals surface area contributed by atoms with Crippen LogP contribution in [0.25, 0.3) is 11.1 Å². The van der Waals surface area contributed by atoms with Crippen LogP contribution in [0.3, 0.4) is 0 Å². The average Bonchev–Trinajstić information content (AvgIpc) is 2.70. The van der Waals surface area contributed by atoms with E-state index in [2.05, 4.69) is 58.8 Å². The molecule has 0 fully saturated rings. The summed E-state index contributed by atoms with van der Waals surface area (Å²) in [4.78, 5) is 27.1. The van der Waals surface area contributed by atoms with Gasteiger partial charge in [0.15, 0.2) is 0 Å². The zero-order chi connectivity index (χ0) is 20.6. The van der Waals surface area contributed by atoms with Gasteiger partial charge in [0.1, 0.15) is 5.41 Å². The van der Waals surface area contributed by atoms with E-state index in [1.807, 2.05) is 26.0 Å². The molecule has 148 valence electrons. The summed E-state index contributed by atoms with van der Waals surface area (Å²) in [6, 6.07) is 19.9. The van der Waals surface area contributed by atoms with Gasteiger partial charge in [0.05, 0.1) is 6.02 Å². The maximum Gasteiger partial charge on any atom is 1.00 e. The third kappa shape index (κ3) is 6.01. The first kappa shape index (κ1) is 25.1. The summed E-state index contributed by atoms with van der Waals surface area (Å²) in [6.45, 7) is 5.62. The minimum absolute atomic E-state index is 0. The summed E-state index contributed by atoms with van der Waals surface area (Å²) in [5.41, 5.74) is 1.40. The fourth-order valence-corrected chi connectivity index (χ4v) is 3.56. The topological polar surface area (TPSA) is 81.6 Å². The van der Waals surface area contributed by atoms with Crippen molar-refractivity contribution in [2.24, 2.45) is 16.3 Å². The molecule has 2 atom stereocenters. The molecule has 0 spiro atoms. The second kappa shape index (κ2) is 11.9. The van der Waals surface area contributed by atoms with Crippen molar-refractivity contribution in [3.8, 4) is 11.1 Å². The van der Waals surface area contributed by atoms with Gasteiger partial charge < -0.3 is 10.4 Å². The zero-order valence-electron chi connectivity index (χ0n) is 17.6. The second-order valence-electron chi connectivity index (χ2n) is 6.92. The van der Waals surface area contributed by atoms with Crippen molar-refractivity contribution in [2.75, 3.05) is 0 Å². The molecule has 0 aromatic heterocycles. The number of amidine groups is 1. The molecule has 2 aromatic carbocycles. The van der Waals surface area contributed by atoms with Gasteiger partial charge in [-0.15, -0.1) is 0 Å². The molecule has 1 N–H and O–H groups in total. The standard InChI is InChI=1S/C12H10.C11H18N2O3.Na/c1-3-7-11(8-4-1)12-9-5-2-6-10-12;1-4-6-7(3)11(5-2)8(14)12-10(16)13-9(11)15;/h1-10H;7H,4-6H2,1-3H3,(H2,12,13,14,15,16);/q;;+1/p-1. The van der Waals surface area contributed by atoms with E-state index in [1.165, 1.54) is 11.1 Å². The summed E-state index contributed by atoms with van der Waals surface area (Å²) in [5, 5.41) is 13.1. The van der Waals surface area contributed by atoms with E-state index in [0.29, 0.717) is 6.42 Å². The third-order valence-electron chi connectivity index (χ3n) is 5.21. The number of amides is 2. The number of carbonyl (C=O) groups excluding carboxylic acids is 2. The van der Waals surface area contributed by atoms with Crippen molar-refractivity contribution in [3.05, 3.63) is 60.7 Å². The Morgan fingerprint density at radius 2 is 1.45 bits per heavy atom. The minimum atomic E-state index is -1.15. The Bertz CT molecular complexity index is 787. The molecular weight excluding hydrogens is 375 g/mol. The van der Waals surface area contributed by atoms with Gasteiger partial charge in [-0.05, 0) is 29.9 Å². The number of nitrogens with one attached hydrogen (secondary N) is 1. The van der Waals surface area contributed by atoms with Crippen LogP contribution in [0.2, 0.25) is 0 Å². The van der Waals surface area contributed by atoms with Gasteiger partial charge in [-0.1, -0.05) is 87.9 Å². The molecular formula is C23H27N2NaO3. The first-order valence-corrected chi connectivity index (χ1v) is 9.67. The van der Waals surface area contributed by atoms with Gasteiger partial charge in [-0.2, -0.15) is 0 Å². The Hall–Kier alpha value is -1.95. The number of hydrogen-bond donors (Lipinski definition) is 1. The molecule has 2 unspecified atom stereocenters. The van der Waals surface area contributed by atoms with Gasteiger partial charge >= 0.3 is 29.6 Å². The number of nitrogens with zero attached hydrogens (tertiary/aromatic N) is 1. The molecule has 29 heavy (non-hydrogen) atoms. The summed E-state index contributed by atoms with van der Waals surface area (Å²) in [5.74, 6) is -1.20. The maximum absolute atomic E-state index is 11.9. The summed E-state index contributed by atoms with van der Waals surface area (Å²) < 4.78 is 0. The summed E-state index contributed by atoms with van der Waals surface area (Å²) in [6.07, 6.45) is 2.02. The Balaban J connectivity index is 0.000000289. The van der Waals surface area contributed by atoms with E-state index in [-0.39, 0.29) is 35.5 Å². The van der Waals surface area contributed by atoms with Crippen LogP contribution in [0.1, 0.15) is 40.0 Å². The fourth-order valence-electron chi connectivity index (χ4n) is 3.56. The van der Waals surface area contributed by atoms with Gasteiger partial charge in [-0.25, -0.2) is 4.99 Å². The number of hydrogen-bond acceptors (Lipinski definition) is 3. The van der Waals surface area contributed by atoms with Crippen LogP contribution in [0.4, 0.5) is 0 Å². The van der Waals surface area contributed by atoms with Gasteiger partial charge in [0, 0.05) is 0 Å². The molecule has 0 saturated heterocycles. The maximum atomic E-state index is 11.9. The van der Waals surface area contributed by atoms with Crippen LogP contribution in [0, 0.1) is 11.3 Å². The van der Waals surface area contributed by atoms with E-state index >= 15 is 0 Å². The summed E-state index contributed by atoms with van der Waals surface area (Å²) in [7, 11) is 0. The van der Waals surface area contributed by atoms with Crippen LogP contribution in [0.5, 0.6) is 0 Å². The largest absolute Gasteiger partial charge is 1.00 e. The van der Waals surface area contributed by atoms with Crippen LogP contribution < -0.4 is 40.0 Å². The molecule has 1 aliphatic rings. The normalized spacial score (nSPS) is 19.1. The van der Waals surface area contributed by atoms with Crippen LogP contribution >= 0.6 is 0 Å². The van der Waals surface area contributed by atoms with Crippen molar-refractivity contribution in [1.29, 1.82) is 0 Å². The van der Waals surface area contributed by atoms with E-state index in [0.717, 1.165) is 12.8 Å². The van der Waals surface area contributed by atoms with Gasteiger partial charge in [-0.3, -0.25) is 9.59 Å². The zero-order valence-corrected chi connectivity index (χ0v) is 19.6. The van der Waals surface area contributed by atoms with Crippen LogP contribution in [-0.2, 0) is 9.59 Å². The smallest absolute Gasteiger partial charge is 0.846 e. The molecule has 2 aromatic rings. The number of rotatable bonds is 5.